The number of fused-ring (bicyclic) bond motifs is 2. The molecule has 2 fully saturated rings. The lowest BCUT2D eigenvalue weighted by molar-refractivity contribution is 0.0923. The average Bonchev–Trinajstić information content (AvgIpc) is 2.72. The van der Waals surface area contributed by atoms with Gasteiger partial charge in [-0.05, 0) is 44.7 Å². The van der Waals surface area contributed by atoms with E-state index in [-0.39, 0.29) is 17.7 Å². The van der Waals surface area contributed by atoms with Crippen molar-refractivity contribution in [3.8, 4) is 5.75 Å². The van der Waals surface area contributed by atoms with Gasteiger partial charge in [0.15, 0.2) is 0 Å². The minimum Gasteiger partial charge on any atom is -0.508 e. The first-order valence-electron chi connectivity index (χ1n) is 6.99. The highest BCUT2D eigenvalue weighted by molar-refractivity contribution is 5.96. The summed E-state index contributed by atoms with van der Waals surface area (Å²) >= 11 is 0. The van der Waals surface area contributed by atoms with Crippen molar-refractivity contribution in [1.82, 2.24) is 10.6 Å². The maximum atomic E-state index is 12.3. The van der Waals surface area contributed by atoms with Crippen LogP contribution in [0.25, 0.3) is 0 Å². The van der Waals surface area contributed by atoms with Crippen LogP contribution in [0, 0.1) is 6.92 Å². The van der Waals surface area contributed by atoms with E-state index in [0.29, 0.717) is 23.2 Å². The molecule has 4 heteroatoms. The molecule has 2 aliphatic rings. The Morgan fingerprint density at radius 3 is 2.68 bits per heavy atom. The molecule has 0 aliphatic carbocycles. The Morgan fingerprint density at radius 2 is 2.00 bits per heavy atom. The van der Waals surface area contributed by atoms with Gasteiger partial charge in [-0.3, -0.25) is 4.79 Å². The zero-order valence-corrected chi connectivity index (χ0v) is 11.1. The zero-order chi connectivity index (χ0) is 13.4. The van der Waals surface area contributed by atoms with Gasteiger partial charge in [0.2, 0.25) is 0 Å². The first kappa shape index (κ1) is 12.5. The standard InChI is InChI=1S/C15H20N2O2/c1-9-13(3-2-4-14(9)18)15(19)17-12-7-10-5-6-11(8-12)16-10/h2-4,10-12,16,18H,5-8H2,1H3,(H,17,19). The third-order valence-corrected chi connectivity index (χ3v) is 4.36. The SMILES string of the molecule is Cc1c(O)cccc1C(=O)NC1CC2CCC(C1)N2. The summed E-state index contributed by atoms with van der Waals surface area (Å²) in [6.07, 6.45) is 4.48. The zero-order valence-electron chi connectivity index (χ0n) is 11.1. The minimum atomic E-state index is -0.0697. The van der Waals surface area contributed by atoms with Gasteiger partial charge in [0.1, 0.15) is 5.75 Å². The molecule has 2 atom stereocenters. The first-order valence-corrected chi connectivity index (χ1v) is 6.99. The van der Waals surface area contributed by atoms with Gasteiger partial charge >= 0.3 is 0 Å². The summed E-state index contributed by atoms with van der Waals surface area (Å²) in [4.78, 5) is 12.3. The number of piperidine rings is 1. The topological polar surface area (TPSA) is 61.4 Å². The van der Waals surface area contributed by atoms with Crippen LogP contribution in [-0.4, -0.2) is 29.1 Å². The van der Waals surface area contributed by atoms with E-state index in [1.165, 1.54) is 12.8 Å². The van der Waals surface area contributed by atoms with Crippen LogP contribution in [0.5, 0.6) is 5.75 Å². The second kappa shape index (κ2) is 4.85. The minimum absolute atomic E-state index is 0.0697. The van der Waals surface area contributed by atoms with Crippen molar-refractivity contribution < 1.29 is 9.90 Å². The van der Waals surface area contributed by atoms with E-state index >= 15 is 0 Å². The van der Waals surface area contributed by atoms with E-state index in [0.717, 1.165) is 12.8 Å². The number of nitrogens with one attached hydrogen (secondary N) is 2. The fourth-order valence-electron chi connectivity index (χ4n) is 3.31. The van der Waals surface area contributed by atoms with E-state index in [9.17, 15) is 9.90 Å². The van der Waals surface area contributed by atoms with Crippen molar-refractivity contribution in [3.05, 3.63) is 29.3 Å². The van der Waals surface area contributed by atoms with Crippen LogP contribution in [0.15, 0.2) is 18.2 Å². The number of aromatic hydroxyl groups is 1. The highest BCUT2D eigenvalue weighted by atomic mass is 16.3. The van der Waals surface area contributed by atoms with Crippen molar-refractivity contribution in [2.75, 3.05) is 0 Å². The van der Waals surface area contributed by atoms with Gasteiger partial charge in [0.25, 0.3) is 5.91 Å². The van der Waals surface area contributed by atoms with Gasteiger partial charge in [-0.2, -0.15) is 0 Å². The number of benzene rings is 1. The largest absolute Gasteiger partial charge is 0.508 e. The molecule has 1 amide bonds. The maximum absolute atomic E-state index is 12.3. The van der Waals surface area contributed by atoms with Gasteiger partial charge in [0, 0.05) is 29.3 Å². The van der Waals surface area contributed by atoms with Crippen LogP contribution in [0.2, 0.25) is 0 Å². The molecule has 3 N–H and O–H groups in total. The molecule has 1 aromatic rings. The van der Waals surface area contributed by atoms with Gasteiger partial charge in [0.05, 0.1) is 0 Å². The highest BCUT2D eigenvalue weighted by Crippen LogP contribution is 2.27. The van der Waals surface area contributed by atoms with E-state index in [2.05, 4.69) is 10.6 Å². The van der Waals surface area contributed by atoms with Crippen LogP contribution in [0.1, 0.15) is 41.6 Å². The number of phenolic OH excluding ortho intramolecular Hbond substituents is 1. The fraction of sp³-hybridized carbons (Fsp3) is 0.533. The Bertz CT molecular complexity index is 489. The predicted octanol–water partition coefficient (Wildman–Crippen LogP) is 1.71. The quantitative estimate of drug-likeness (QED) is 0.758. The molecular formula is C15H20N2O2. The van der Waals surface area contributed by atoms with Gasteiger partial charge in [-0.15, -0.1) is 0 Å². The van der Waals surface area contributed by atoms with E-state index in [1.54, 1.807) is 25.1 Å². The van der Waals surface area contributed by atoms with Crippen LogP contribution >= 0.6 is 0 Å². The molecule has 0 spiro atoms. The van der Waals surface area contributed by atoms with Crippen LogP contribution in [0.3, 0.4) is 0 Å². The molecule has 4 nitrogen and oxygen atoms in total. The number of phenols is 1. The van der Waals surface area contributed by atoms with E-state index < -0.39 is 0 Å². The number of rotatable bonds is 2. The molecule has 0 aromatic heterocycles. The molecule has 2 saturated heterocycles. The summed E-state index contributed by atoms with van der Waals surface area (Å²) in [5, 5.41) is 16.3. The summed E-state index contributed by atoms with van der Waals surface area (Å²) < 4.78 is 0. The fourth-order valence-corrected chi connectivity index (χ4v) is 3.31. The Balaban J connectivity index is 1.70. The molecule has 3 rings (SSSR count). The van der Waals surface area contributed by atoms with Crippen molar-refractivity contribution in [2.24, 2.45) is 0 Å². The van der Waals surface area contributed by atoms with Crippen LogP contribution in [0.4, 0.5) is 0 Å². The third-order valence-electron chi connectivity index (χ3n) is 4.36. The van der Waals surface area contributed by atoms with Crippen molar-refractivity contribution >= 4 is 5.91 Å². The summed E-state index contributed by atoms with van der Waals surface area (Å²) in [5.74, 6) is 0.109. The van der Waals surface area contributed by atoms with E-state index in [1.807, 2.05) is 0 Å². The average molecular weight is 260 g/mol. The maximum Gasteiger partial charge on any atom is 0.251 e. The third kappa shape index (κ3) is 2.45. The number of hydrogen-bond acceptors (Lipinski definition) is 3. The number of carbonyl (C=O) groups excluding carboxylic acids is 1. The molecule has 2 bridgehead atoms. The molecule has 102 valence electrons. The van der Waals surface area contributed by atoms with Gasteiger partial charge in [-0.25, -0.2) is 0 Å². The lowest BCUT2D eigenvalue weighted by atomic mass is 9.99. The summed E-state index contributed by atoms with van der Waals surface area (Å²) in [6.45, 7) is 1.77. The number of carbonyl (C=O) groups is 1. The van der Waals surface area contributed by atoms with Crippen LogP contribution < -0.4 is 10.6 Å². The molecule has 2 heterocycles. The number of amides is 1. The van der Waals surface area contributed by atoms with Crippen molar-refractivity contribution in [1.29, 1.82) is 0 Å². The molecule has 0 radical (unpaired) electrons. The second-order valence-corrected chi connectivity index (χ2v) is 5.73. The molecule has 1 aromatic carbocycles. The smallest absolute Gasteiger partial charge is 0.251 e. The lowest BCUT2D eigenvalue weighted by Gasteiger charge is -2.29. The summed E-state index contributed by atoms with van der Waals surface area (Å²) in [6, 6.07) is 6.47. The first-order chi connectivity index (χ1) is 9.13. The van der Waals surface area contributed by atoms with Crippen molar-refractivity contribution in [3.63, 3.8) is 0 Å². The Hall–Kier alpha value is -1.55. The molecule has 2 unspecified atom stereocenters. The Morgan fingerprint density at radius 1 is 1.32 bits per heavy atom. The van der Waals surface area contributed by atoms with Crippen LogP contribution in [-0.2, 0) is 0 Å². The molecule has 19 heavy (non-hydrogen) atoms. The summed E-state index contributed by atoms with van der Waals surface area (Å²) in [7, 11) is 0. The second-order valence-electron chi connectivity index (χ2n) is 5.73. The Kier molecular flexibility index (Phi) is 3.19. The predicted molar refractivity (Wildman–Crippen MR) is 73.3 cm³/mol. The van der Waals surface area contributed by atoms with E-state index in [4.69, 9.17) is 0 Å². The Labute approximate surface area is 113 Å². The van der Waals surface area contributed by atoms with Gasteiger partial charge in [-0.1, -0.05) is 6.07 Å². The number of hydrogen-bond donors (Lipinski definition) is 3. The molecule has 2 aliphatic heterocycles. The highest BCUT2D eigenvalue weighted by Gasteiger charge is 2.34. The summed E-state index contributed by atoms with van der Waals surface area (Å²) in [5.41, 5.74) is 1.22. The van der Waals surface area contributed by atoms with Crippen molar-refractivity contribution in [2.45, 2.75) is 50.7 Å². The monoisotopic (exact) mass is 260 g/mol. The molecular weight excluding hydrogens is 240 g/mol. The molecule has 0 saturated carbocycles. The van der Waals surface area contributed by atoms with Gasteiger partial charge < -0.3 is 15.7 Å². The normalized spacial score (nSPS) is 29.2. The lowest BCUT2D eigenvalue weighted by Crippen LogP contribution is -2.48.